The molecule has 6 nitrogen and oxygen atoms in total. The number of hydrogen-bond acceptors (Lipinski definition) is 6. The lowest BCUT2D eigenvalue weighted by Gasteiger charge is -2.33. The van der Waals surface area contributed by atoms with Gasteiger partial charge in [0.25, 0.3) is 0 Å². The normalized spacial score (nSPS) is 16.2. The van der Waals surface area contributed by atoms with Crippen LogP contribution >= 0.6 is 23.2 Å². The number of carbonyl (C=O) groups excluding carboxylic acids is 1. The molecule has 2 fully saturated rings. The predicted molar refractivity (Wildman–Crippen MR) is 145 cm³/mol. The first kappa shape index (κ1) is 26.1. The number of ether oxygens (including phenoxy) is 2. The summed E-state index contributed by atoms with van der Waals surface area (Å²) < 4.78 is 17.2. The van der Waals surface area contributed by atoms with Gasteiger partial charge >= 0.3 is 5.97 Å². The summed E-state index contributed by atoms with van der Waals surface area (Å²) in [4.78, 5) is 14.0. The summed E-state index contributed by atoms with van der Waals surface area (Å²) in [6.45, 7) is 4.54. The number of hydrogen-bond donors (Lipinski definition) is 0. The lowest BCUT2D eigenvalue weighted by molar-refractivity contribution is -0.143. The van der Waals surface area contributed by atoms with Crippen LogP contribution in [-0.2, 0) is 27.3 Å². The third kappa shape index (κ3) is 6.31. The van der Waals surface area contributed by atoms with E-state index in [1.54, 1.807) is 0 Å². The molecular weight excluding hydrogens is 511 g/mol. The van der Waals surface area contributed by atoms with Crippen LogP contribution < -0.4 is 4.90 Å². The molecule has 1 aliphatic heterocycles. The zero-order valence-electron chi connectivity index (χ0n) is 21.1. The van der Waals surface area contributed by atoms with Crippen molar-refractivity contribution >= 4 is 34.9 Å². The summed E-state index contributed by atoms with van der Waals surface area (Å²) >= 11 is 13.0. The van der Waals surface area contributed by atoms with Crippen molar-refractivity contribution in [2.45, 2.75) is 64.1 Å². The highest BCUT2D eigenvalue weighted by Crippen LogP contribution is 2.46. The van der Waals surface area contributed by atoms with Crippen LogP contribution in [0.1, 0.15) is 61.8 Å². The van der Waals surface area contributed by atoms with Crippen molar-refractivity contribution in [1.82, 2.24) is 5.16 Å². The molecule has 196 valence electrons. The van der Waals surface area contributed by atoms with Crippen molar-refractivity contribution in [3.63, 3.8) is 0 Å². The molecule has 1 aromatic heterocycles. The summed E-state index contributed by atoms with van der Waals surface area (Å²) in [5, 5.41) is 5.49. The Morgan fingerprint density at radius 1 is 1.05 bits per heavy atom. The highest BCUT2D eigenvalue weighted by Gasteiger charge is 2.34. The summed E-state index contributed by atoms with van der Waals surface area (Å²) in [7, 11) is 0. The second-order valence-corrected chi connectivity index (χ2v) is 10.5. The maximum Gasteiger partial charge on any atom is 0.306 e. The minimum Gasteiger partial charge on any atom is -0.466 e. The molecule has 2 heterocycles. The lowest BCUT2D eigenvalue weighted by Crippen LogP contribution is -2.37. The average molecular weight is 543 g/mol. The Hall–Kier alpha value is -2.54. The Balaban J connectivity index is 1.17. The van der Waals surface area contributed by atoms with E-state index in [9.17, 15) is 4.79 Å². The van der Waals surface area contributed by atoms with E-state index in [0.29, 0.717) is 53.3 Å². The first-order valence-electron chi connectivity index (χ1n) is 13.1. The number of piperidine rings is 1. The Morgan fingerprint density at radius 2 is 1.76 bits per heavy atom. The van der Waals surface area contributed by atoms with Gasteiger partial charge in [0.05, 0.1) is 29.4 Å². The summed E-state index contributed by atoms with van der Waals surface area (Å²) in [6, 6.07) is 14.0. The Kier molecular flexibility index (Phi) is 8.38. The van der Waals surface area contributed by atoms with E-state index in [1.807, 2.05) is 25.1 Å². The van der Waals surface area contributed by atoms with E-state index in [4.69, 9.17) is 37.2 Å². The van der Waals surface area contributed by atoms with E-state index in [-0.39, 0.29) is 12.1 Å². The second kappa shape index (κ2) is 11.9. The van der Waals surface area contributed by atoms with E-state index in [0.717, 1.165) is 55.7 Å². The van der Waals surface area contributed by atoms with Crippen LogP contribution in [0.3, 0.4) is 0 Å². The first-order valence-corrected chi connectivity index (χ1v) is 13.8. The summed E-state index contributed by atoms with van der Waals surface area (Å²) in [6.07, 6.45) is 5.37. The van der Waals surface area contributed by atoms with E-state index < -0.39 is 0 Å². The van der Waals surface area contributed by atoms with Crippen molar-refractivity contribution in [1.29, 1.82) is 0 Å². The van der Waals surface area contributed by atoms with Crippen LogP contribution in [0.5, 0.6) is 0 Å². The molecule has 2 aromatic carbocycles. The number of halogens is 2. The molecule has 1 aliphatic carbocycles. The minimum absolute atomic E-state index is 0.147. The molecule has 1 saturated heterocycles. The largest absolute Gasteiger partial charge is 0.466 e. The Labute approximate surface area is 227 Å². The number of anilines is 1. The second-order valence-electron chi connectivity index (χ2n) is 9.71. The average Bonchev–Trinajstić information content (AvgIpc) is 3.67. The highest BCUT2D eigenvalue weighted by atomic mass is 35.5. The standard InChI is InChI=1S/C29H32Cl2N2O4/c1-2-35-26(34)13-8-19-6-11-21(12-7-19)33-16-14-22(15-17-33)36-18-23-28(32-37-29(23)20-9-10-20)27-24(30)4-3-5-25(27)31/h3-7,11-12,20,22H,2,8-10,13-18H2,1H3. The van der Waals surface area contributed by atoms with Gasteiger partial charge in [-0.3, -0.25) is 4.79 Å². The molecule has 0 N–H and O–H groups in total. The number of rotatable bonds is 10. The third-order valence-electron chi connectivity index (χ3n) is 7.10. The van der Waals surface area contributed by atoms with Crippen LogP contribution in [0, 0.1) is 0 Å². The van der Waals surface area contributed by atoms with Gasteiger partial charge in [-0.2, -0.15) is 0 Å². The van der Waals surface area contributed by atoms with Crippen molar-refractivity contribution in [3.05, 3.63) is 69.4 Å². The molecule has 0 spiro atoms. The number of esters is 1. The molecule has 5 rings (SSSR count). The number of benzene rings is 2. The maximum absolute atomic E-state index is 11.6. The SMILES string of the molecule is CCOC(=O)CCc1ccc(N2CCC(OCc3c(-c4c(Cl)cccc4Cl)noc3C3CC3)CC2)cc1. The van der Waals surface area contributed by atoms with Crippen molar-refractivity contribution < 1.29 is 18.8 Å². The highest BCUT2D eigenvalue weighted by molar-refractivity contribution is 6.39. The van der Waals surface area contributed by atoms with Gasteiger partial charge < -0.3 is 18.9 Å². The van der Waals surface area contributed by atoms with Gasteiger partial charge in [0.1, 0.15) is 11.5 Å². The smallest absolute Gasteiger partial charge is 0.306 e. The molecule has 0 radical (unpaired) electrons. The number of aryl methyl sites for hydroxylation is 1. The van der Waals surface area contributed by atoms with Gasteiger partial charge in [-0.25, -0.2) is 0 Å². The Bertz CT molecular complexity index is 1190. The molecule has 8 heteroatoms. The molecule has 37 heavy (non-hydrogen) atoms. The fourth-order valence-electron chi connectivity index (χ4n) is 4.88. The molecule has 2 aliphatic rings. The number of aromatic nitrogens is 1. The zero-order chi connectivity index (χ0) is 25.8. The Morgan fingerprint density at radius 3 is 2.41 bits per heavy atom. The van der Waals surface area contributed by atoms with Gasteiger partial charge in [0.15, 0.2) is 0 Å². The summed E-state index contributed by atoms with van der Waals surface area (Å²) in [5.74, 6) is 1.17. The van der Waals surface area contributed by atoms with Gasteiger partial charge in [-0.05, 0) is 68.9 Å². The zero-order valence-corrected chi connectivity index (χ0v) is 22.6. The monoisotopic (exact) mass is 542 g/mol. The van der Waals surface area contributed by atoms with Gasteiger partial charge in [-0.15, -0.1) is 0 Å². The molecule has 0 unspecified atom stereocenters. The molecular formula is C29H32Cl2N2O4. The van der Waals surface area contributed by atoms with Crippen LogP contribution in [0.4, 0.5) is 5.69 Å². The molecule has 0 amide bonds. The van der Waals surface area contributed by atoms with E-state index >= 15 is 0 Å². The van der Waals surface area contributed by atoms with Gasteiger partial charge in [0.2, 0.25) is 0 Å². The van der Waals surface area contributed by atoms with Crippen LogP contribution in [0.25, 0.3) is 11.3 Å². The van der Waals surface area contributed by atoms with Crippen LogP contribution in [0.15, 0.2) is 47.0 Å². The fraction of sp³-hybridized carbons (Fsp3) is 0.448. The van der Waals surface area contributed by atoms with E-state index in [1.165, 1.54) is 5.69 Å². The quantitative estimate of drug-likeness (QED) is 0.252. The van der Waals surface area contributed by atoms with Crippen molar-refractivity contribution in [3.8, 4) is 11.3 Å². The predicted octanol–water partition coefficient (Wildman–Crippen LogP) is 7.21. The number of nitrogens with zero attached hydrogens (tertiary/aromatic N) is 2. The van der Waals surface area contributed by atoms with Crippen molar-refractivity contribution in [2.75, 3.05) is 24.6 Å². The molecule has 0 atom stereocenters. The maximum atomic E-state index is 11.6. The van der Waals surface area contributed by atoms with Crippen LogP contribution in [-0.4, -0.2) is 36.9 Å². The molecule has 3 aromatic rings. The van der Waals surface area contributed by atoms with E-state index in [2.05, 4.69) is 34.3 Å². The van der Waals surface area contributed by atoms with Crippen molar-refractivity contribution in [2.24, 2.45) is 0 Å². The van der Waals surface area contributed by atoms with Crippen LogP contribution in [0.2, 0.25) is 10.0 Å². The minimum atomic E-state index is -0.147. The topological polar surface area (TPSA) is 64.8 Å². The van der Waals surface area contributed by atoms with Gasteiger partial charge in [-0.1, -0.05) is 46.6 Å². The summed E-state index contributed by atoms with van der Waals surface area (Å²) in [5.41, 5.74) is 4.71. The molecule has 0 bridgehead atoms. The lowest BCUT2D eigenvalue weighted by atomic mass is 10.0. The number of carbonyl (C=O) groups is 1. The van der Waals surface area contributed by atoms with Gasteiger partial charge in [0, 0.05) is 42.2 Å². The first-order chi connectivity index (χ1) is 18.0. The molecule has 1 saturated carbocycles. The fourth-order valence-corrected chi connectivity index (χ4v) is 5.46. The third-order valence-corrected chi connectivity index (χ3v) is 7.73.